The molecule has 9 nitrogen and oxygen atoms in total. The van der Waals surface area contributed by atoms with Crippen molar-refractivity contribution in [3.8, 4) is 17.2 Å². The molecule has 0 fully saturated rings. The van der Waals surface area contributed by atoms with Crippen LogP contribution in [-0.2, 0) is 11.2 Å². The number of amides is 3. The quantitative estimate of drug-likeness (QED) is 0.725. The molecule has 2 N–H and O–H groups in total. The zero-order valence-electron chi connectivity index (χ0n) is 19.7. The number of ether oxygens (including phenoxy) is 1. The van der Waals surface area contributed by atoms with Crippen molar-refractivity contribution >= 4 is 23.5 Å². The summed E-state index contributed by atoms with van der Waals surface area (Å²) in [6.07, 6.45) is 8.78. The number of nitriles is 1. The number of aryl methyl sites for hydroxylation is 1. The maximum atomic E-state index is 12.4. The van der Waals surface area contributed by atoms with Gasteiger partial charge in [0.05, 0.1) is 5.56 Å². The summed E-state index contributed by atoms with van der Waals surface area (Å²) in [5.41, 5.74) is 9.54. The number of nitrogens with two attached hydrogens (primary N) is 1. The van der Waals surface area contributed by atoms with Crippen LogP contribution in [0.25, 0.3) is 16.7 Å². The van der Waals surface area contributed by atoms with E-state index in [0.717, 1.165) is 35.1 Å². The molecular weight excluding hydrogens is 432 g/mol. The summed E-state index contributed by atoms with van der Waals surface area (Å²) in [7, 11) is 0. The van der Waals surface area contributed by atoms with E-state index in [1.165, 1.54) is 4.90 Å². The molecule has 34 heavy (non-hydrogen) atoms. The Hall–Kier alpha value is -3.93. The maximum absolute atomic E-state index is 12.4. The summed E-state index contributed by atoms with van der Waals surface area (Å²) in [6, 6.07) is 3.77. The van der Waals surface area contributed by atoms with Crippen molar-refractivity contribution in [3.05, 3.63) is 47.4 Å². The molecule has 3 amide bonds. The molecule has 9 heteroatoms. The van der Waals surface area contributed by atoms with Crippen molar-refractivity contribution in [2.75, 3.05) is 24.5 Å². The number of urea groups is 1. The fourth-order valence-corrected chi connectivity index (χ4v) is 4.27. The van der Waals surface area contributed by atoms with Gasteiger partial charge >= 0.3 is 12.1 Å². The lowest BCUT2D eigenvalue weighted by atomic mass is 9.92. The van der Waals surface area contributed by atoms with Gasteiger partial charge in [0.2, 0.25) is 0 Å². The molecule has 2 aromatic rings. The number of primary amides is 1. The van der Waals surface area contributed by atoms with Gasteiger partial charge in [0.1, 0.15) is 17.5 Å². The predicted molar refractivity (Wildman–Crippen MR) is 128 cm³/mol. The van der Waals surface area contributed by atoms with Crippen LogP contribution in [0.1, 0.15) is 50.3 Å². The van der Waals surface area contributed by atoms with Gasteiger partial charge in [0, 0.05) is 54.9 Å². The lowest BCUT2D eigenvalue weighted by Gasteiger charge is -2.30. The van der Waals surface area contributed by atoms with Gasteiger partial charge in [-0.25, -0.2) is 14.6 Å². The smallest absolute Gasteiger partial charge is 0.410 e. The standard InChI is InChI=1S/C25H28N6O3/c1-25(2,3)34-24(33)30-9-6-16(7-10-30)20-14-28-15-21(19(20)12-26)18-11-17-5-4-8-31(23(27)32)22(17)29-13-18/h6,11,13-15H,4-5,7-10H2,1-3H3,(H2,27,32). The molecule has 176 valence electrons. The average molecular weight is 461 g/mol. The number of hydrogen-bond acceptors (Lipinski definition) is 6. The maximum Gasteiger partial charge on any atom is 0.410 e. The molecule has 0 saturated heterocycles. The van der Waals surface area contributed by atoms with Crippen LogP contribution in [0.4, 0.5) is 15.4 Å². The van der Waals surface area contributed by atoms with E-state index >= 15 is 0 Å². The van der Waals surface area contributed by atoms with Crippen LogP contribution < -0.4 is 10.6 Å². The van der Waals surface area contributed by atoms with E-state index in [-0.39, 0.29) is 6.09 Å². The summed E-state index contributed by atoms with van der Waals surface area (Å²) < 4.78 is 5.46. The van der Waals surface area contributed by atoms with Crippen LogP contribution in [0, 0.1) is 11.3 Å². The van der Waals surface area contributed by atoms with E-state index in [1.54, 1.807) is 23.5 Å². The van der Waals surface area contributed by atoms with Crippen LogP contribution in [0.15, 0.2) is 30.7 Å². The number of rotatable bonds is 2. The normalized spacial score (nSPS) is 15.8. The molecule has 2 aliphatic heterocycles. The second-order valence-electron chi connectivity index (χ2n) is 9.43. The van der Waals surface area contributed by atoms with Crippen molar-refractivity contribution in [2.24, 2.45) is 5.73 Å². The van der Waals surface area contributed by atoms with Crippen LogP contribution in [0.5, 0.6) is 0 Å². The number of fused-ring (bicyclic) bond motifs is 1. The molecule has 4 rings (SSSR count). The monoisotopic (exact) mass is 460 g/mol. The van der Waals surface area contributed by atoms with Crippen LogP contribution in [-0.4, -0.2) is 52.2 Å². The summed E-state index contributed by atoms with van der Waals surface area (Å²) in [4.78, 5) is 36.1. The van der Waals surface area contributed by atoms with Crippen LogP contribution >= 0.6 is 0 Å². The molecule has 2 aliphatic rings. The van der Waals surface area contributed by atoms with Crippen LogP contribution in [0.2, 0.25) is 0 Å². The Morgan fingerprint density at radius 3 is 2.56 bits per heavy atom. The van der Waals surface area contributed by atoms with E-state index < -0.39 is 11.6 Å². The molecule has 0 spiro atoms. The summed E-state index contributed by atoms with van der Waals surface area (Å²) in [5, 5.41) is 10.0. The zero-order valence-corrected chi connectivity index (χ0v) is 19.7. The number of aromatic nitrogens is 2. The van der Waals surface area contributed by atoms with Gasteiger partial charge in [0.25, 0.3) is 0 Å². The highest BCUT2D eigenvalue weighted by atomic mass is 16.6. The molecule has 0 aromatic carbocycles. The Morgan fingerprint density at radius 1 is 1.15 bits per heavy atom. The van der Waals surface area contributed by atoms with Gasteiger partial charge in [-0.15, -0.1) is 0 Å². The fraction of sp³-hybridized carbons (Fsp3) is 0.400. The second kappa shape index (κ2) is 9.14. The van der Waals surface area contributed by atoms with E-state index in [9.17, 15) is 14.9 Å². The minimum Gasteiger partial charge on any atom is -0.444 e. The lowest BCUT2D eigenvalue weighted by molar-refractivity contribution is 0.0270. The SMILES string of the molecule is CC(C)(C)OC(=O)N1CC=C(c2cncc(-c3cnc4c(c3)CCCN4C(N)=O)c2C#N)CC1. The van der Waals surface area contributed by atoms with E-state index in [1.807, 2.05) is 32.9 Å². The van der Waals surface area contributed by atoms with Gasteiger partial charge in [-0.1, -0.05) is 6.08 Å². The molecule has 4 heterocycles. The van der Waals surface area contributed by atoms with Gasteiger partial charge in [-0.05, 0) is 57.2 Å². The number of nitrogens with zero attached hydrogens (tertiary/aromatic N) is 5. The molecule has 0 atom stereocenters. The number of hydrogen-bond donors (Lipinski definition) is 1. The van der Waals surface area contributed by atoms with Crippen molar-refractivity contribution in [1.82, 2.24) is 14.9 Å². The molecular formula is C25H28N6O3. The summed E-state index contributed by atoms with van der Waals surface area (Å²) in [6.45, 7) is 6.97. The number of anilines is 1. The third kappa shape index (κ3) is 4.71. The first-order chi connectivity index (χ1) is 16.2. The highest BCUT2D eigenvalue weighted by molar-refractivity contribution is 5.91. The van der Waals surface area contributed by atoms with Crippen LogP contribution in [0.3, 0.4) is 0 Å². The van der Waals surface area contributed by atoms with Gasteiger partial charge in [0.15, 0.2) is 0 Å². The molecule has 0 saturated carbocycles. The van der Waals surface area contributed by atoms with Gasteiger partial charge < -0.3 is 15.4 Å². The van der Waals surface area contributed by atoms with E-state index in [4.69, 9.17) is 10.5 Å². The lowest BCUT2D eigenvalue weighted by Crippen LogP contribution is -2.40. The van der Waals surface area contributed by atoms with Crippen molar-refractivity contribution in [1.29, 1.82) is 5.26 Å². The fourth-order valence-electron chi connectivity index (χ4n) is 4.27. The molecule has 0 unspecified atom stereocenters. The Balaban J connectivity index is 1.63. The third-order valence-electron chi connectivity index (χ3n) is 5.87. The first kappa shape index (κ1) is 23.2. The first-order valence-corrected chi connectivity index (χ1v) is 11.3. The number of carbonyl (C=O) groups is 2. The average Bonchev–Trinajstić information content (AvgIpc) is 2.81. The Labute approximate surface area is 198 Å². The molecule has 2 aromatic heterocycles. The molecule has 0 bridgehead atoms. The molecule has 0 aliphatic carbocycles. The topological polar surface area (TPSA) is 125 Å². The summed E-state index contributed by atoms with van der Waals surface area (Å²) >= 11 is 0. The van der Waals surface area contributed by atoms with Crippen molar-refractivity contribution in [3.63, 3.8) is 0 Å². The second-order valence-corrected chi connectivity index (χ2v) is 9.43. The Bertz CT molecular complexity index is 1210. The summed E-state index contributed by atoms with van der Waals surface area (Å²) in [5.74, 6) is 0.572. The van der Waals surface area contributed by atoms with E-state index in [2.05, 4.69) is 16.0 Å². The van der Waals surface area contributed by atoms with Crippen molar-refractivity contribution in [2.45, 2.75) is 45.6 Å². The molecule has 0 radical (unpaired) electrons. The number of carbonyl (C=O) groups excluding carboxylic acids is 2. The third-order valence-corrected chi connectivity index (χ3v) is 5.87. The largest absolute Gasteiger partial charge is 0.444 e. The minimum atomic E-state index is -0.551. The predicted octanol–water partition coefficient (Wildman–Crippen LogP) is 3.87. The van der Waals surface area contributed by atoms with E-state index in [0.29, 0.717) is 43.0 Å². The zero-order chi connectivity index (χ0) is 24.5. The van der Waals surface area contributed by atoms with Gasteiger partial charge in [-0.2, -0.15) is 5.26 Å². The Kier molecular flexibility index (Phi) is 6.24. The first-order valence-electron chi connectivity index (χ1n) is 11.3. The number of pyridine rings is 2. The Morgan fingerprint density at radius 2 is 1.91 bits per heavy atom. The highest BCUT2D eigenvalue weighted by Gasteiger charge is 2.26. The minimum absolute atomic E-state index is 0.347. The highest BCUT2D eigenvalue weighted by Crippen LogP contribution is 2.34. The van der Waals surface area contributed by atoms with Gasteiger partial charge in [-0.3, -0.25) is 9.88 Å². The van der Waals surface area contributed by atoms with Crippen molar-refractivity contribution < 1.29 is 14.3 Å².